The molecule has 0 aliphatic carbocycles. The SMILES string of the molecule is CCC(COC)Nc1cccnc1[N+](=O)[O-]. The highest BCUT2D eigenvalue weighted by molar-refractivity contribution is 5.57. The highest BCUT2D eigenvalue weighted by Gasteiger charge is 2.16. The number of ether oxygens (including phenoxy) is 1. The van der Waals surface area contributed by atoms with Crippen molar-refractivity contribution in [3.8, 4) is 0 Å². The minimum atomic E-state index is -0.498. The molecule has 0 spiro atoms. The van der Waals surface area contributed by atoms with Crippen molar-refractivity contribution in [2.24, 2.45) is 0 Å². The van der Waals surface area contributed by atoms with Crippen molar-refractivity contribution in [2.45, 2.75) is 19.4 Å². The lowest BCUT2D eigenvalue weighted by atomic mass is 10.2. The Hall–Kier alpha value is -1.69. The van der Waals surface area contributed by atoms with Gasteiger partial charge in [-0.1, -0.05) is 6.92 Å². The number of methoxy groups -OCH3 is 1. The Bertz CT molecular complexity index is 357. The van der Waals surface area contributed by atoms with E-state index in [9.17, 15) is 10.1 Å². The Morgan fingerprint density at radius 2 is 2.44 bits per heavy atom. The van der Waals surface area contributed by atoms with E-state index in [0.717, 1.165) is 6.42 Å². The van der Waals surface area contributed by atoms with E-state index in [1.165, 1.54) is 6.20 Å². The summed E-state index contributed by atoms with van der Waals surface area (Å²) in [4.78, 5) is 13.9. The van der Waals surface area contributed by atoms with Gasteiger partial charge in [0.25, 0.3) is 0 Å². The van der Waals surface area contributed by atoms with Gasteiger partial charge in [-0.2, -0.15) is 0 Å². The van der Waals surface area contributed by atoms with Crippen LogP contribution in [-0.4, -0.2) is 29.7 Å². The number of anilines is 1. The molecular formula is C10H15N3O3. The largest absolute Gasteiger partial charge is 0.386 e. The molecule has 0 saturated carbocycles. The van der Waals surface area contributed by atoms with Gasteiger partial charge in [0, 0.05) is 13.2 Å². The average molecular weight is 225 g/mol. The lowest BCUT2D eigenvalue weighted by molar-refractivity contribution is -0.388. The summed E-state index contributed by atoms with van der Waals surface area (Å²) in [6, 6.07) is 3.35. The van der Waals surface area contributed by atoms with Crippen LogP contribution in [0.3, 0.4) is 0 Å². The molecule has 0 aliphatic heterocycles. The summed E-state index contributed by atoms with van der Waals surface area (Å²) in [5, 5.41) is 13.8. The standard InChI is InChI=1S/C10H15N3O3/c1-3-8(7-16-2)12-9-5-4-6-11-10(9)13(14)15/h4-6,8,12H,3,7H2,1-2H3. The second-order valence-electron chi connectivity index (χ2n) is 3.34. The third-order valence-electron chi connectivity index (χ3n) is 2.18. The first-order chi connectivity index (χ1) is 7.69. The highest BCUT2D eigenvalue weighted by atomic mass is 16.6. The number of aromatic nitrogens is 1. The zero-order chi connectivity index (χ0) is 12.0. The number of pyridine rings is 1. The number of nitrogens with zero attached hydrogens (tertiary/aromatic N) is 2. The van der Waals surface area contributed by atoms with E-state index >= 15 is 0 Å². The van der Waals surface area contributed by atoms with Gasteiger partial charge in [0.15, 0.2) is 0 Å². The molecule has 88 valence electrons. The normalized spacial score (nSPS) is 12.1. The van der Waals surface area contributed by atoms with Crippen LogP contribution in [0, 0.1) is 10.1 Å². The van der Waals surface area contributed by atoms with Crippen LogP contribution in [0.15, 0.2) is 18.3 Å². The molecule has 1 unspecified atom stereocenters. The number of rotatable bonds is 6. The first-order valence-electron chi connectivity index (χ1n) is 5.04. The van der Waals surface area contributed by atoms with Crippen molar-refractivity contribution in [1.82, 2.24) is 4.98 Å². The van der Waals surface area contributed by atoms with Crippen LogP contribution in [0.4, 0.5) is 11.5 Å². The molecule has 0 radical (unpaired) electrons. The monoisotopic (exact) mass is 225 g/mol. The van der Waals surface area contributed by atoms with Gasteiger partial charge in [-0.25, -0.2) is 0 Å². The van der Waals surface area contributed by atoms with Gasteiger partial charge in [0.2, 0.25) is 0 Å². The van der Waals surface area contributed by atoms with Gasteiger partial charge >= 0.3 is 5.82 Å². The molecule has 1 heterocycles. The van der Waals surface area contributed by atoms with Crippen LogP contribution in [0.1, 0.15) is 13.3 Å². The summed E-state index contributed by atoms with van der Waals surface area (Å²) < 4.78 is 5.01. The number of hydrogen-bond donors (Lipinski definition) is 1. The lowest BCUT2D eigenvalue weighted by Gasteiger charge is -2.16. The molecule has 1 rings (SSSR count). The van der Waals surface area contributed by atoms with Gasteiger partial charge in [0.05, 0.1) is 6.61 Å². The van der Waals surface area contributed by atoms with Crippen LogP contribution < -0.4 is 5.32 Å². The summed E-state index contributed by atoms with van der Waals surface area (Å²) in [5.41, 5.74) is 0.427. The van der Waals surface area contributed by atoms with Crippen molar-refractivity contribution in [1.29, 1.82) is 0 Å². The van der Waals surface area contributed by atoms with Crippen molar-refractivity contribution >= 4 is 11.5 Å². The number of nitrogens with one attached hydrogen (secondary N) is 1. The fourth-order valence-corrected chi connectivity index (χ4v) is 1.34. The molecule has 1 aromatic rings. The topological polar surface area (TPSA) is 77.3 Å². The predicted octanol–water partition coefficient (Wildman–Crippen LogP) is 1.83. The second kappa shape index (κ2) is 6.02. The molecule has 6 nitrogen and oxygen atoms in total. The quantitative estimate of drug-likeness (QED) is 0.590. The Kier molecular flexibility index (Phi) is 4.65. The summed E-state index contributed by atoms with van der Waals surface area (Å²) in [5.74, 6) is -0.156. The summed E-state index contributed by atoms with van der Waals surface area (Å²) >= 11 is 0. The van der Waals surface area contributed by atoms with Gasteiger partial charge in [-0.3, -0.25) is 0 Å². The Labute approximate surface area is 93.8 Å². The van der Waals surface area contributed by atoms with E-state index in [0.29, 0.717) is 12.3 Å². The molecule has 0 aliphatic rings. The van der Waals surface area contributed by atoms with Gasteiger partial charge in [-0.05, 0) is 28.5 Å². The number of hydrogen-bond acceptors (Lipinski definition) is 5. The second-order valence-corrected chi connectivity index (χ2v) is 3.34. The van der Waals surface area contributed by atoms with Gasteiger partial charge in [0.1, 0.15) is 11.9 Å². The van der Waals surface area contributed by atoms with Crippen molar-refractivity contribution in [3.05, 3.63) is 28.4 Å². The third kappa shape index (κ3) is 3.16. The lowest BCUT2D eigenvalue weighted by Crippen LogP contribution is -2.24. The molecule has 0 amide bonds. The van der Waals surface area contributed by atoms with Gasteiger partial charge < -0.3 is 20.2 Å². The minimum absolute atomic E-state index is 0.0490. The van der Waals surface area contributed by atoms with Crippen LogP contribution >= 0.6 is 0 Å². The maximum Gasteiger partial charge on any atom is 0.386 e. The van der Waals surface area contributed by atoms with Crippen molar-refractivity contribution in [3.63, 3.8) is 0 Å². The first-order valence-corrected chi connectivity index (χ1v) is 5.04. The molecule has 1 aromatic heterocycles. The van der Waals surface area contributed by atoms with Crippen molar-refractivity contribution in [2.75, 3.05) is 19.0 Å². The fraction of sp³-hybridized carbons (Fsp3) is 0.500. The molecule has 0 fully saturated rings. The molecule has 0 aromatic carbocycles. The fourth-order valence-electron chi connectivity index (χ4n) is 1.34. The van der Waals surface area contributed by atoms with E-state index in [1.807, 2.05) is 6.92 Å². The average Bonchev–Trinajstić information content (AvgIpc) is 2.29. The molecule has 0 bridgehead atoms. The zero-order valence-corrected chi connectivity index (χ0v) is 9.34. The molecule has 1 N–H and O–H groups in total. The van der Waals surface area contributed by atoms with E-state index in [2.05, 4.69) is 10.3 Å². The van der Waals surface area contributed by atoms with E-state index in [4.69, 9.17) is 4.74 Å². The van der Waals surface area contributed by atoms with Crippen LogP contribution in [0.5, 0.6) is 0 Å². The molecule has 16 heavy (non-hydrogen) atoms. The summed E-state index contributed by atoms with van der Waals surface area (Å²) in [7, 11) is 1.60. The smallest absolute Gasteiger partial charge is 0.383 e. The zero-order valence-electron chi connectivity index (χ0n) is 9.34. The maximum absolute atomic E-state index is 10.7. The Morgan fingerprint density at radius 3 is 3.00 bits per heavy atom. The van der Waals surface area contributed by atoms with E-state index in [1.54, 1.807) is 19.2 Å². The summed E-state index contributed by atoms with van der Waals surface area (Å²) in [6.07, 6.45) is 2.22. The molecular weight excluding hydrogens is 210 g/mol. The van der Waals surface area contributed by atoms with Gasteiger partial charge in [-0.15, -0.1) is 0 Å². The Balaban J connectivity index is 2.82. The molecule has 6 heteroatoms. The highest BCUT2D eigenvalue weighted by Crippen LogP contribution is 2.21. The third-order valence-corrected chi connectivity index (χ3v) is 2.18. The maximum atomic E-state index is 10.7. The Morgan fingerprint density at radius 1 is 1.69 bits per heavy atom. The summed E-state index contributed by atoms with van der Waals surface area (Å²) in [6.45, 7) is 2.49. The van der Waals surface area contributed by atoms with E-state index in [-0.39, 0.29) is 11.9 Å². The predicted molar refractivity (Wildman–Crippen MR) is 60.5 cm³/mol. The van der Waals surface area contributed by atoms with Crippen LogP contribution in [0.2, 0.25) is 0 Å². The van der Waals surface area contributed by atoms with Crippen LogP contribution in [-0.2, 0) is 4.74 Å². The van der Waals surface area contributed by atoms with Crippen LogP contribution in [0.25, 0.3) is 0 Å². The molecule has 1 atom stereocenters. The number of nitro groups is 1. The molecule has 0 saturated heterocycles. The minimum Gasteiger partial charge on any atom is -0.383 e. The van der Waals surface area contributed by atoms with E-state index < -0.39 is 4.92 Å². The first kappa shape index (κ1) is 12.4. The van der Waals surface area contributed by atoms with Crippen molar-refractivity contribution < 1.29 is 9.66 Å².